The Balaban J connectivity index is 1.38. The number of hydrogen-bond acceptors (Lipinski definition) is 5. The van der Waals surface area contributed by atoms with Crippen molar-refractivity contribution in [1.29, 1.82) is 0 Å². The van der Waals surface area contributed by atoms with Crippen LogP contribution in [0.1, 0.15) is 29.7 Å². The lowest BCUT2D eigenvalue weighted by molar-refractivity contribution is -0.137. The molecular weight excluding hydrogens is 492 g/mol. The van der Waals surface area contributed by atoms with E-state index in [1.54, 1.807) is 13.0 Å². The van der Waals surface area contributed by atoms with E-state index in [1.165, 1.54) is 0 Å². The first-order valence-electron chi connectivity index (χ1n) is 12.0. The van der Waals surface area contributed by atoms with Gasteiger partial charge in [0.05, 0.1) is 6.61 Å². The van der Waals surface area contributed by atoms with E-state index < -0.39 is 12.1 Å². The molecule has 7 nitrogen and oxygen atoms in total. The van der Waals surface area contributed by atoms with Gasteiger partial charge in [0.1, 0.15) is 11.4 Å². The quantitative estimate of drug-likeness (QED) is 0.231. The van der Waals surface area contributed by atoms with E-state index >= 15 is 0 Å². The number of aliphatic carboxylic acids is 1. The molecule has 0 spiro atoms. The maximum Gasteiger partial charge on any atom is 0.411 e. The van der Waals surface area contributed by atoms with Crippen molar-refractivity contribution < 1.29 is 24.0 Å². The molecule has 1 amide bonds. The van der Waals surface area contributed by atoms with Crippen LogP contribution in [0, 0.1) is 6.92 Å². The number of rotatable bonds is 10. The molecule has 0 aliphatic carbocycles. The Kier molecular flexibility index (Phi) is 8.59. The molecule has 0 bridgehead atoms. The van der Waals surface area contributed by atoms with E-state index in [1.807, 2.05) is 66.7 Å². The van der Waals surface area contributed by atoms with Crippen molar-refractivity contribution in [3.8, 4) is 22.4 Å². The standard InChI is InChI=1S/C29H27ClN2O5/c1-19-27(31-29(35)36-18-17-23-6-2-3-7-25(23)30)28(32-37-19)24-15-13-22(14-16-24)21-11-9-20(10-12-21)5-4-8-26(33)34/h2-3,6-7,9-16H,4-5,8,17-18H2,1H3,(H,31,35)(H,33,34). The Morgan fingerprint density at radius 2 is 1.59 bits per heavy atom. The first-order chi connectivity index (χ1) is 17.9. The van der Waals surface area contributed by atoms with Crippen molar-refractivity contribution in [2.45, 2.75) is 32.6 Å². The summed E-state index contributed by atoms with van der Waals surface area (Å²) in [6.07, 6.45) is 1.43. The predicted molar refractivity (Wildman–Crippen MR) is 143 cm³/mol. The molecule has 0 aliphatic heterocycles. The first kappa shape index (κ1) is 26.0. The summed E-state index contributed by atoms with van der Waals surface area (Å²) >= 11 is 6.15. The van der Waals surface area contributed by atoms with Crippen LogP contribution in [0.4, 0.5) is 10.5 Å². The Labute approximate surface area is 220 Å². The molecule has 3 aromatic carbocycles. The van der Waals surface area contributed by atoms with E-state index in [0.29, 0.717) is 35.0 Å². The van der Waals surface area contributed by atoms with Crippen LogP contribution in [0.2, 0.25) is 5.02 Å². The van der Waals surface area contributed by atoms with Crippen LogP contribution >= 0.6 is 11.6 Å². The van der Waals surface area contributed by atoms with E-state index in [2.05, 4.69) is 10.5 Å². The average Bonchev–Trinajstić information content (AvgIpc) is 3.25. The molecule has 0 aliphatic rings. The van der Waals surface area contributed by atoms with Gasteiger partial charge in [-0.2, -0.15) is 0 Å². The zero-order chi connectivity index (χ0) is 26.2. The number of ether oxygens (including phenoxy) is 1. The zero-order valence-electron chi connectivity index (χ0n) is 20.4. The van der Waals surface area contributed by atoms with Crippen molar-refractivity contribution in [1.82, 2.24) is 5.16 Å². The number of aromatic nitrogens is 1. The van der Waals surface area contributed by atoms with Gasteiger partial charge in [-0.05, 0) is 48.1 Å². The third-order valence-electron chi connectivity index (χ3n) is 5.95. The Hall–Kier alpha value is -4.10. The number of hydrogen-bond donors (Lipinski definition) is 2. The molecule has 4 rings (SSSR count). The molecule has 1 heterocycles. The number of aryl methyl sites for hydroxylation is 2. The van der Waals surface area contributed by atoms with Gasteiger partial charge in [-0.1, -0.05) is 83.5 Å². The van der Waals surface area contributed by atoms with Crippen LogP contribution < -0.4 is 5.32 Å². The fraction of sp³-hybridized carbons (Fsp3) is 0.207. The fourth-order valence-corrected chi connectivity index (χ4v) is 4.17. The summed E-state index contributed by atoms with van der Waals surface area (Å²) in [5, 5.41) is 16.3. The predicted octanol–water partition coefficient (Wildman–Crippen LogP) is 7.17. The van der Waals surface area contributed by atoms with Crippen molar-refractivity contribution in [2.75, 3.05) is 11.9 Å². The Morgan fingerprint density at radius 1 is 0.946 bits per heavy atom. The maximum atomic E-state index is 12.4. The number of amides is 1. The van der Waals surface area contributed by atoms with Crippen LogP contribution in [0.15, 0.2) is 77.3 Å². The highest BCUT2D eigenvalue weighted by molar-refractivity contribution is 6.31. The molecule has 4 aromatic rings. The number of carboxylic acids is 1. The minimum absolute atomic E-state index is 0.169. The summed E-state index contributed by atoms with van der Waals surface area (Å²) in [4.78, 5) is 23.1. The molecule has 0 saturated heterocycles. The average molecular weight is 519 g/mol. The second-order valence-corrected chi connectivity index (χ2v) is 8.99. The highest BCUT2D eigenvalue weighted by Gasteiger charge is 2.18. The molecule has 0 saturated carbocycles. The second-order valence-electron chi connectivity index (χ2n) is 8.59. The summed E-state index contributed by atoms with van der Waals surface area (Å²) in [5.74, 6) is -0.302. The van der Waals surface area contributed by atoms with Crippen molar-refractivity contribution in [3.63, 3.8) is 0 Å². The van der Waals surface area contributed by atoms with Crippen LogP contribution in [0.25, 0.3) is 22.4 Å². The molecule has 0 atom stereocenters. The largest absolute Gasteiger partial charge is 0.481 e. The molecule has 2 N–H and O–H groups in total. The molecule has 37 heavy (non-hydrogen) atoms. The van der Waals surface area contributed by atoms with Gasteiger partial charge in [-0.3, -0.25) is 10.1 Å². The normalized spacial score (nSPS) is 10.8. The molecule has 0 fully saturated rings. The Morgan fingerprint density at radius 3 is 2.27 bits per heavy atom. The molecular formula is C29H27ClN2O5. The van der Waals surface area contributed by atoms with Gasteiger partial charge < -0.3 is 14.4 Å². The van der Waals surface area contributed by atoms with Gasteiger partial charge in [0.25, 0.3) is 0 Å². The fourth-order valence-electron chi connectivity index (χ4n) is 3.94. The van der Waals surface area contributed by atoms with E-state index in [9.17, 15) is 9.59 Å². The number of carbonyl (C=O) groups excluding carboxylic acids is 1. The van der Waals surface area contributed by atoms with Gasteiger partial charge in [0.2, 0.25) is 0 Å². The van der Waals surface area contributed by atoms with Crippen molar-refractivity contribution in [2.24, 2.45) is 0 Å². The molecule has 0 unspecified atom stereocenters. The summed E-state index contributed by atoms with van der Waals surface area (Å²) < 4.78 is 10.7. The zero-order valence-corrected chi connectivity index (χ0v) is 21.1. The van der Waals surface area contributed by atoms with Crippen molar-refractivity contribution >= 4 is 29.4 Å². The highest BCUT2D eigenvalue weighted by atomic mass is 35.5. The number of benzene rings is 3. The van der Waals surface area contributed by atoms with Gasteiger partial charge in [-0.25, -0.2) is 4.79 Å². The minimum Gasteiger partial charge on any atom is -0.481 e. The topological polar surface area (TPSA) is 102 Å². The highest BCUT2D eigenvalue weighted by Crippen LogP contribution is 2.32. The van der Waals surface area contributed by atoms with E-state index in [4.69, 9.17) is 26.0 Å². The number of nitrogens with zero attached hydrogens (tertiary/aromatic N) is 1. The second kappa shape index (κ2) is 12.2. The Bertz CT molecular complexity index is 1360. The minimum atomic E-state index is -0.775. The van der Waals surface area contributed by atoms with Gasteiger partial charge in [0, 0.05) is 23.4 Å². The lowest BCUT2D eigenvalue weighted by atomic mass is 10.00. The van der Waals surface area contributed by atoms with Crippen molar-refractivity contribution in [3.05, 3.63) is 94.7 Å². The third kappa shape index (κ3) is 6.98. The van der Waals surface area contributed by atoms with Crippen LogP contribution in [-0.4, -0.2) is 28.9 Å². The van der Waals surface area contributed by atoms with E-state index in [-0.39, 0.29) is 13.0 Å². The lowest BCUT2D eigenvalue weighted by Crippen LogP contribution is -2.16. The SMILES string of the molecule is Cc1onc(-c2ccc(-c3ccc(CCCC(=O)O)cc3)cc2)c1NC(=O)OCCc1ccccc1Cl. The number of anilines is 1. The number of nitrogens with one attached hydrogen (secondary N) is 1. The summed E-state index contributed by atoms with van der Waals surface area (Å²) in [7, 11) is 0. The van der Waals surface area contributed by atoms with Gasteiger partial charge in [-0.15, -0.1) is 0 Å². The smallest absolute Gasteiger partial charge is 0.411 e. The van der Waals surface area contributed by atoms with Gasteiger partial charge >= 0.3 is 12.1 Å². The number of carbonyl (C=O) groups is 2. The molecule has 1 aromatic heterocycles. The summed E-state index contributed by atoms with van der Waals surface area (Å²) in [5.41, 5.74) is 5.85. The monoisotopic (exact) mass is 518 g/mol. The number of halogens is 1. The van der Waals surface area contributed by atoms with Gasteiger partial charge in [0.15, 0.2) is 5.76 Å². The van der Waals surface area contributed by atoms with Crippen LogP contribution in [0.5, 0.6) is 0 Å². The van der Waals surface area contributed by atoms with E-state index in [0.717, 1.165) is 34.2 Å². The number of carboxylic acid groups (broad SMARTS) is 1. The summed E-state index contributed by atoms with van der Waals surface area (Å²) in [6, 6.07) is 23.3. The molecule has 8 heteroatoms. The summed E-state index contributed by atoms with van der Waals surface area (Å²) in [6.45, 7) is 1.91. The van der Waals surface area contributed by atoms with Crippen LogP contribution in [-0.2, 0) is 22.4 Å². The first-order valence-corrected chi connectivity index (χ1v) is 12.3. The molecule has 0 radical (unpaired) electrons. The maximum absolute atomic E-state index is 12.4. The molecule has 190 valence electrons. The lowest BCUT2D eigenvalue weighted by Gasteiger charge is -2.09. The third-order valence-corrected chi connectivity index (χ3v) is 6.32. The van der Waals surface area contributed by atoms with Crippen LogP contribution in [0.3, 0.4) is 0 Å².